The molecule has 0 atom stereocenters. The van der Waals surface area contributed by atoms with E-state index in [2.05, 4.69) is 21.9 Å². The molecule has 0 amide bonds. The van der Waals surface area contributed by atoms with Gasteiger partial charge in [-0.1, -0.05) is 18.2 Å². The molecule has 0 unspecified atom stereocenters. The molecule has 1 aromatic heterocycles. The number of rotatable bonds is 34. The van der Waals surface area contributed by atoms with E-state index in [1.165, 1.54) is 0 Å². The number of fused-ring (bicyclic) bond motifs is 1. The first-order valence-corrected chi connectivity index (χ1v) is 40.9. The normalized spacial score (nSPS) is 19.1. The Morgan fingerprint density at radius 3 is 0.830 bits per heavy atom. The number of pyridine rings is 1. The molecule has 88 heavy (non-hydrogen) atoms. The van der Waals surface area contributed by atoms with Gasteiger partial charge in [0.25, 0.3) is 0 Å². The lowest BCUT2D eigenvalue weighted by atomic mass is 10.1. The Bertz CT molecular complexity index is 2550. The minimum atomic E-state index is -3.85. The lowest BCUT2D eigenvalue weighted by molar-refractivity contribution is 0.133. The van der Waals surface area contributed by atoms with Gasteiger partial charge in [0.15, 0.2) is 0 Å². The summed E-state index contributed by atoms with van der Waals surface area (Å²) in [5, 5.41) is 0.941. The van der Waals surface area contributed by atoms with Crippen molar-refractivity contribution in [2.75, 3.05) is 184 Å². The average molecular weight is 1370 g/mol. The van der Waals surface area contributed by atoms with Crippen molar-refractivity contribution in [2.45, 2.75) is 122 Å². The van der Waals surface area contributed by atoms with Crippen LogP contribution in [0.15, 0.2) is 30.3 Å². The molecule has 0 radical (unpaired) electrons. The van der Waals surface area contributed by atoms with Crippen LogP contribution in [-0.4, -0.2) is 227 Å². The molecule has 512 valence electrons. The van der Waals surface area contributed by atoms with Crippen molar-refractivity contribution < 1.29 is 81.7 Å². The standard InChI is InChI=1S/C55H109N9O18P6/c1-13-71-83(65,72-14-2)59-37-29-39-63(87(69,79-21-9)80-22-10)47-45-61(85(67,75-17-5)76-18-6)35-27-33-57(41-43-59)50-52-49-53(56-55-32-26-25-31-54(52)55)51-58-34-28-36-62(86(68,77-19-7)78-20-8)46-48-64(88(70,81-23-11)82-24-12)40-30-38-60(44-42-58)84(66,73-15-3)74-16-4/h25-26,31-32,49H,13-24,27-30,33-48,50-51H2,1-12H3. The maximum atomic E-state index is 14.8. The number of para-hydroxylation sites is 1. The van der Waals surface area contributed by atoms with Gasteiger partial charge >= 0.3 is 46.5 Å². The molecular formula is C55H109N9O18P6. The fourth-order valence-corrected chi connectivity index (χ4v) is 21.3. The molecule has 27 nitrogen and oxygen atoms in total. The second-order valence-corrected chi connectivity index (χ2v) is 32.4. The van der Waals surface area contributed by atoms with Gasteiger partial charge in [-0.05, 0) is 140 Å². The third kappa shape index (κ3) is 24.1. The highest BCUT2D eigenvalue weighted by Gasteiger charge is 2.42. The van der Waals surface area contributed by atoms with Crippen LogP contribution in [0.3, 0.4) is 0 Å². The van der Waals surface area contributed by atoms with E-state index in [4.69, 9.17) is 59.3 Å². The summed E-state index contributed by atoms with van der Waals surface area (Å²) in [4.78, 5) is 9.79. The van der Waals surface area contributed by atoms with Crippen LogP contribution in [0, 0.1) is 0 Å². The smallest absolute Gasteiger partial charge is 0.298 e. The largest absolute Gasteiger partial charge is 0.408 e. The zero-order valence-corrected chi connectivity index (χ0v) is 60.4. The van der Waals surface area contributed by atoms with E-state index in [1.807, 2.05) is 18.2 Å². The highest BCUT2D eigenvalue weighted by Crippen LogP contribution is 2.58. The topological polar surface area (TPSA) is 252 Å². The van der Waals surface area contributed by atoms with Crippen molar-refractivity contribution in [3.05, 3.63) is 41.6 Å². The van der Waals surface area contributed by atoms with Crippen molar-refractivity contribution in [1.29, 1.82) is 0 Å². The summed E-state index contributed by atoms with van der Waals surface area (Å²) in [7, 11) is -23.1. The van der Waals surface area contributed by atoms with Gasteiger partial charge in [0, 0.05) is 110 Å². The SMILES string of the molecule is CCOP(=O)(OCC)N1CCCN(P(=O)(OCC)OCC)CCN(P(=O)(OCC)OCC)CCCN(Cc2cc(CN3CCCN(P(=O)(OCC)OCC)CCN(P(=O)(OCC)OCC)CCCN(P(=O)(OCC)OCC)CC3)c3ccccc3n2)CC1. The van der Waals surface area contributed by atoms with Gasteiger partial charge in [-0.15, -0.1) is 0 Å². The summed E-state index contributed by atoms with van der Waals surface area (Å²) in [6.07, 6.45) is 1.71. The first-order valence-electron chi connectivity index (χ1n) is 31.9. The van der Waals surface area contributed by atoms with Gasteiger partial charge in [0.1, 0.15) is 0 Å². The van der Waals surface area contributed by atoms with E-state index in [0.29, 0.717) is 65.0 Å². The molecule has 0 N–H and O–H groups in total. The Balaban J connectivity index is 1.84. The zero-order valence-electron chi connectivity index (χ0n) is 55.0. The van der Waals surface area contributed by atoms with Crippen molar-refractivity contribution >= 4 is 57.4 Å². The summed E-state index contributed by atoms with van der Waals surface area (Å²) >= 11 is 0. The van der Waals surface area contributed by atoms with Crippen LogP contribution in [-0.2, 0) is 94.8 Å². The third-order valence-corrected chi connectivity index (χ3v) is 27.8. The molecule has 2 aliphatic rings. The van der Waals surface area contributed by atoms with Gasteiger partial charge in [-0.25, -0.2) is 55.4 Å². The number of nitrogens with zero attached hydrogens (tertiary/aromatic N) is 9. The van der Waals surface area contributed by atoms with Crippen molar-refractivity contribution in [1.82, 2.24) is 42.8 Å². The second-order valence-electron chi connectivity index (χ2n) is 20.3. The van der Waals surface area contributed by atoms with E-state index < -0.39 is 46.5 Å². The van der Waals surface area contributed by atoms with E-state index in [0.717, 1.165) is 22.2 Å². The van der Waals surface area contributed by atoms with Crippen LogP contribution < -0.4 is 0 Å². The predicted octanol–water partition coefficient (Wildman–Crippen LogP) is 12.3. The maximum Gasteiger partial charge on any atom is 0.408 e. The van der Waals surface area contributed by atoms with Crippen LogP contribution in [0.5, 0.6) is 0 Å². The molecule has 0 spiro atoms. The van der Waals surface area contributed by atoms with Gasteiger partial charge < -0.3 is 0 Å². The monoisotopic (exact) mass is 1370 g/mol. The van der Waals surface area contributed by atoms with Crippen molar-refractivity contribution in [2.24, 2.45) is 0 Å². The predicted molar refractivity (Wildman–Crippen MR) is 345 cm³/mol. The highest BCUT2D eigenvalue weighted by atomic mass is 31.2. The van der Waals surface area contributed by atoms with Crippen LogP contribution in [0.2, 0.25) is 0 Å². The summed E-state index contributed by atoms with van der Waals surface area (Å²) in [5.41, 5.74) is 2.53. The van der Waals surface area contributed by atoms with Crippen LogP contribution in [0.25, 0.3) is 10.9 Å². The molecule has 0 saturated carbocycles. The maximum absolute atomic E-state index is 14.8. The minimum absolute atomic E-state index is 0.128. The van der Waals surface area contributed by atoms with Gasteiger partial charge in [0.2, 0.25) is 0 Å². The number of hydrogen-bond acceptors (Lipinski definition) is 21. The minimum Gasteiger partial charge on any atom is -0.298 e. The molecule has 4 rings (SSSR count). The van der Waals surface area contributed by atoms with Gasteiger partial charge in [-0.2, -0.15) is 0 Å². The summed E-state index contributed by atoms with van der Waals surface area (Å²) in [6, 6.07) is 10.1. The number of aromatic nitrogens is 1. The first kappa shape index (κ1) is 79.6. The molecule has 2 saturated heterocycles. The van der Waals surface area contributed by atoms with Crippen LogP contribution in [0.1, 0.15) is 120 Å². The molecule has 1 aromatic carbocycles. The Morgan fingerprint density at radius 1 is 0.318 bits per heavy atom. The Labute approximate surface area is 527 Å². The van der Waals surface area contributed by atoms with Gasteiger partial charge in [-0.3, -0.25) is 69.1 Å². The van der Waals surface area contributed by atoms with Crippen molar-refractivity contribution in [3.8, 4) is 0 Å². The molecule has 2 aliphatic heterocycles. The first-order chi connectivity index (χ1) is 42.2. The fourth-order valence-electron chi connectivity index (χ4n) is 10.6. The Kier molecular flexibility index (Phi) is 37.3. The highest BCUT2D eigenvalue weighted by molar-refractivity contribution is 7.52. The summed E-state index contributed by atoms with van der Waals surface area (Å²) < 4.78 is 170. The molecule has 0 bridgehead atoms. The number of benzene rings is 1. The molecule has 2 aromatic rings. The Hall–Kier alpha value is -0.790. The number of hydrogen-bond donors (Lipinski definition) is 0. The lowest BCUT2D eigenvalue weighted by Gasteiger charge is -2.36. The molecule has 3 heterocycles. The summed E-state index contributed by atoms with van der Waals surface area (Å²) in [6.45, 7) is 27.9. The Morgan fingerprint density at radius 2 is 0.557 bits per heavy atom. The second kappa shape index (κ2) is 41.2. The molecule has 0 aliphatic carbocycles. The zero-order chi connectivity index (χ0) is 64.7. The van der Waals surface area contributed by atoms with Crippen LogP contribution >= 0.6 is 46.5 Å². The van der Waals surface area contributed by atoms with E-state index in [9.17, 15) is 27.4 Å². The van der Waals surface area contributed by atoms with Crippen LogP contribution in [0.4, 0.5) is 0 Å². The summed E-state index contributed by atoms with van der Waals surface area (Å²) in [5.74, 6) is 0. The third-order valence-electron chi connectivity index (χ3n) is 14.2. The molecule has 2 fully saturated rings. The van der Waals surface area contributed by atoms with Crippen molar-refractivity contribution in [3.63, 3.8) is 0 Å². The molecular weight excluding hydrogens is 1260 g/mol. The molecule has 33 heteroatoms. The van der Waals surface area contributed by atoms with E-state index in [-0.39, 0.29) is 158 Å². The fraction of sp³-hybridized carbons (Fsp3) is 0.836. The lowest BCUT2D eigenvalue weighted by Crippen LogP contribution is -2.40. The quantitative estimate of drug-likeness (QED) is 0.0590. The average Bonchev–Trinajstić information content (AvgIpc) is 2.63. The van der Waals surface area contributed by atoms with E-state index in [1.54, 1.807) is 111 Å². The van der Waals surface area contributed by atoms with Gasteiger partial charge in [0.05, 0.1) is 90.5 Å². The van der Waals surface area contributed by atoms with E-state index >= 15 is 0 Å².